The number of aromatic nitrogens is 2. The van der Waals surface area contributed by atoms with Crippen LogP contribution >= 0.6 is 23.4 Å². The normalized spacial score (nSPS) is 11.2. The van der Waals surface area contributed by atoms with Gasteiger partial charge >= 0.3 is 5.97 Å². The molecule has 0 saturated heterocycles. The molecule has 1 aromatic rings. The number of carbonyl (C=O) groups excluding carboxylic acids is 1. The number of hydrogen-bond donors (Lipinski definition) is 0. The van der Waals surface area contributed by atoms with Gasteiger partial charge in [0.2, 0.25) is 0 Å². The van der Waals surface area contributed by atoms with Crippen LogP contribution in [0.1, 0.15) is 20.8 Å². The van der Waals surface area contributed by atoms with E-state index in [0.717, 1.165) is 0 Å². The molecule has 18 heavy (non-hydrogen) atoms. The Morgan fingerprint density at radius 1 is 1.44 bits per heavy atom. The molecule has 0 spiro atoms. The molecule has 7 heteroatoms. The van der Waals surface area contributed by atoms with Crippen molar-refractivity contribution in [2.24, 2.45) is 0 Å². The highest BCUT2D eigenvalue weighted by Gasteiger charge is 2.18. The number of ether oxygens (including phenoxy) is 2. The maximum atomic E-state index is 11.6. The Bertz CT molecular complexity index is 435. The maximum absolute atomic E-state index is 11.6. The molecule has 5 nitrogen and oxygen atoms in total. The second-order valence-electron chi connectivity index (χ2n) is 4.38. The van der Waals surface area contributed by atoms with Crippen molar-refractivity contribution in [3.63, 3.8) is 0 Å². The number of nitrogens with zero attached hydrogens (tertiary/aromatic N) is 2. The molecule has 0 radical (unpaired) electrons. The Hall–Kier alpha value is -1.01. The van der Waals surface area contributed by atoms with E-state index in [-0.39, 0.29) is 16.9 Å². The van der Waals surface area contributed by atoms with Gasteiger partial charge in [0.05, 0.1) is 12.9 Å². The van der Waals surface area contributed by atoms with Gasteiger partial charge in [-0.15, -0.1) is 0 Å². The van der Waals surface area contributed by atoms with Gasteiger partial charge in [0.25, 0.3) is 0 Å². The lowest BCUT2D eigenvalue weighted by molar-refractivity contribution is -0.151. The molecule has 0 amide bonds. The van der Waals surface area contributed by atoms with Gasteiger partial charge < -0.3 is 9.47 Å². The third-order valence-electron chi connectivity index (χ3n) is 1.68. The van der Waals surface area contributed by atoms with Gasteiger partial charge in [-0.2, -0.15) is 0 Å². The van der Waals surface area contributed by atoms with Crippen LogP contribution in [0.4, 0.5) is 0 Å². The van der Waals surface area contributed by atoms with E-state index in [9.17, 15) is 4.79 Å². The lowest BCUT2D eigenvalue weighted by Gasteiger charge is -2.19. The van der Waals surface area contributed by atoms with Gasteiger partial charge in [0.15, 0.2) is 10.9 Å². The van der Waals surface area contributed by atoms with Crippen LogP contribution in [0.2, 0.25) is 5.15 Å². The van der Waals surface area contributed by atoms with Crippen molar-refractivity contribution in [1.82, 2.24) is 9.97 Å². The molecule has 0 N–H and O–H groups in total. The van der Waals surface area contributed by atoms with E-state index in [4.69, 9.17) is 21.1 Å². The monoisotopic (exact) mass is 290 g/mol. The van der Waals surface area contributed by atoms with Crippen molar-refractivity contribution in [3.05, 3.63) is 11.5 Å². The third-order valence-corrected chi connectivity index (χ3v) is 2.89. The van der Waals surface area contributed by atoms with Crippen molar-refractivity contribution in [3.8, 4) is 5.75 Å². The van der Waals surface area contributed by atoms with Crippen LogP contribution in [-0.2, 0) is 9.53 Å². The van der Waals surface area contributed by atoms with Gasteiger partial charge in [-0.25, -0.2) is 9.97 Å². The average molecular weight is 291 g/mol. The fourth-order valence-corrected chi connectivity index (χ4v) is 2.12. The summed E-state index contributed by atoms with van der Waals surface area (Å²) in [6, 6.07) is 0. The Balaban J connectivity index is 2.64. The van der Waals surface area contributed by atoms with Gasteiger partial charge in [0, 0.05) is 0 Å². The Labute approximate surface area is 115 Å². The minimum Gasteiger partial charge on any atom is -0.491 e. The second kappa shape index (κ2) is 6.24. The molecule has 0 aliphatic carbocycles. The second-order valence-corrected chi connectivity index (χ2v) is 5.70. The van der Waals surface area contributed by atoms with Gasteiger partial charge in [-0.1, -0.05) is 23.4 Å². The first kappa shape index (κ1) is 15.0. The summed E-state index contributed by atoms with van der Waals surface area (Å²) in [6.07, 6.45) is 1.32. The largest absolute Gasteiger partial charge is 0.491 e. The molecule has 0 bridgehead atoms. The van der Waals surface area contributed by atoms with Crippen molar-refractivity contribution in [2.45, 2.75) is 31.4 Å². The van der Waals surface area contributed by atoms with Crippen molar-refractivity contribution < 1.29 is 14.3 Å². The van der Waals surface area contributed by atoms with Crippen LogP contribution in [0.3, 0.4) is 0 Å². The Kier molecular flexibility index (Phi) is 5.22. The summed E-state index contributed by atoms with van der Waals surface area (Å²) >= 11 is 7.05. The van der Waals surface area contributed by atoms with Crippen LogP contribution in [0.25, 0.3) is 0 Å². The van der Waals surface area contributed by atoms with E-state index >= 15 is 0 Å². The van der Waals surface area contributed by atoms with Crippen LogP contribution in [0.5, 0.6) is 5.75 Å². The summed E-state index contributed by atoms with van der Waals surface area (Å²) in [4.78, 5) is 19.4. The zero-order valence-electron chi connectivity index (χ0n) is 10.7. The fourth-order valence-electron chi connectivity index (χ4n) is 1.11. The van der Waals surface area contributed by atoms with Crippen molar-refractivity contribution >= 4 is 29.3 Å². The smallest absolute Gasteiger partial charge is 0.316 e. The lowest BCUT2D eigenvalue weighted by atomic mass is 10.2. The van der Waals surface area contributed by atoms with Crippen LogP contribution in [-0.4, -0.2) is 34.4 Å². The summed E-state index contributed by atoms with van der Waals surface area (Å²) in [5.41, 5.74) is -0.495. The first-order valence-electron chi connectivity index (χ1n) is 5.22. The average Bonchev–Trinajstić information content (AvgIpc) is 2.24. The van der Waals surface area contributed by atoms with Gasteiger partial charge in [0.1, 0.15) is 17.0 Å². The number of esters is 1. The molecule has 0 aliphatic heterocycles. The zero-order valence-corrected chi connectivity index (χ0v) is 12.3. The number of carbonyl (C=O) groups is 1. The number of thioether (sulfide) groups is 1. The molecule has 0 fully saturated rings. The van der Waals surface area contributed by atoms with E-state index in [2.05, 4.69) is 9.97 Å². The molecule has 0 unspecified atom stereocenters. The molecular formula is C11H15ClN2O3S. The predicted molar refractivity (Wildman–Crippen MR) is 70.2 cm³/mol. The summed E-state index contributed by atoms with van der Waals surface area (Å²) in [6.45, 7) is 5.45. The molecule has 100 valence electrons. The first-order chi connectivity index (χ1) is 8.33. The quantitative estimate of drug-likeness (QED) is 0.482. The number of methoxy groups -OCH3 is 1. The summed E-state index contributed by atoms with van der Waals surface area (Å²) < 4.78 is 10.3. The summed E-state index contributed by atoms with van der Waals surface area (Å²) in [5.74, 6) is 0.193. The molecule has 0 atom stereocenters. The molecule has 1 aromatic heterocycles. The molecule has 0 aromatic carbocycles. The first-order valence-corrected chi connectivity index (χ1v) is 6.59. The minimum absolute atomic E-state index is 0.140. The van der Waals surface area contributed by atoms with Gasteiger partial charge in [-0.05, 0) is 20.8 Å². The predicted octanol–water partition coefficient (Wildman–Crippen LogP) is 2.57. The highest BCUT2D eigenvalue weighted by molar-refractivity contribution is 8.00. The minimum atomic E-state index is -0.495. The van der Waals surface area contributed by atoms with E-state index in [1.165, 1.54) is 25.2 Å². The van der Waals surface area contributed by atoms with Crippen LogP contribution < -0.4 is 4.74 Å². The summed E-state index contributed by atoms with van der Waals surface area (Å²) in [7, 11) is 1.47. The highest BCUT2D eigenvalue weighted by Crippen LogP contribution is 2.31. The Morgan fingerprint density at radius 3 is 2.67 bits per heavy atom. The third kappa shape index (κ3) is 4.70. The topological polar surface area (TPSA) is 61.3 Å². The Morgan fingerprint density at radius 2 is 2.11 bits per heavy atom. The van der Waals surface area contributed by atoms with E-state index < -0.39 is 5.60 Å². The number of rotatable bonds is 4. The van der Waals surface area contributed by atoms with Crippen LogP contribution in [0.15, 0.2) is 11.4 Å². The summed E-state index contributed by atoms with van der Waals surface area (Å²) in [5, 5.41) is 0.738. The standard InChI is InChI=1S/C11H15ClN2O3S/c1-11(2,3)17-7(15)5-18-10-8(16-4)9(12)13-6-14-10/h6H,5H2,1-4H3. The zero-order chi connectivity index (χ0) is 13.8. The molecule has 1 rings (SSSR count). The number of halogens is 1. The lowest BCUT2D eigenvalue weighted by Crippen LogP contribution is -2.24. The molecule has 0 aliphatic rings. The van der Waals surface area contributed by atoms with E-state index in [0.29, 0.717) is 10.8 Å². The highest BCUT2D eigenvalue weighted by atomic mass is 35.5. The fraction of sp³-hybridized carbons (Fsp3) is 0.545. The van der Waals surface area contributed by atoms with Crippen LogP contribution in [0, 0.1) is 0 Å². The van der Waals surface area contributed by atoms with Crippen molar-refractivity contribution in [2.75, 3.05) is 12.9 Å². The molecular weight excluding hydrogens is 276 g/mol. The van der Waals surface area contributed by atoms with E-state index in [1.807, 2.05) is 20.8 Å². The SMILES string of the molecule is COc1c(Cl)ncnc1SCC(=O)OC(C)(C)C. The van der Waals surface area contributed by atoms with E-state index in [1.54, 1.807) is 0 Å². The van der Waals surface area contributed by atoms with Crippen molar-refractivity contribution in [1.29, 1.82) is 0 Å². The van der Waals surface area contributed by atoms with Gasteiger partial charge in [-0.3, -0.25) is 4.79 Å². The number of hydrogen-bond acceptors (Lipinski definition) is 6. The molecule has 1 heterocycles. The molecule has 0 saturated carbocycles. The maximum Gasteiger partial charge on any atom is 0.316 e.